The van der Waals surface area contributed by atoms with Crippen molar-refractivity contribution in [2.24, 2.45) is 0 Å². The van der Waals surface area contributed by atoms with E-state index in [9.17, 15) is 9.59 Å². The molecule has 0 aromatic rings. The van der Waals surface area contributed by atoms with Crippen molar-refractivity contribution in [2.75, 3.05) is 0 Å². The summed E-state index contributed by atoms with van der Waals surface area (Å²) >= 11 is 0. The third-order valence-corrected chi connectivity index (χ3v) is 4.29. The summed E-state index contributed by atoms with van der Waals surface area (Å²) in [4.78, 5) is 23.9. The summed E-state index contributed by atoms with van der Waals surface area (Å²) < 4.78 is 10.8. The van der Waals surface area contributed by atoms with Gasteiger partial charge in [-0.05, 0) is 19.3 Å². The van der Waals surface area contributed by atoms with Crippen molar-refractivity contribution >= 4 is 11.9 Å². The van der Waals surface area contributed by atoms with E-state index >= 15 is 0 Å². The molecule has 0 saturated heterocycles. The molecule has 0 rings (SSSR count). The van der Waals surface area contributed by atoms with E-state index in [-0.39, 0.29) is 11.9 Å². The van der Waals surface area contributed by atoms with E-state index in [1.807, 2.05) is 0 Å². The average Bonchev–Trinajstić information content (AvgIpc) is 2.59. The van der Waals surface area contributed by atoms with Gasteiger partial charge in [-0.25, -0.2) is 0 Å². The summed E-state index contributed by atoms with van der Waals surface area (Å²) in [6.07, 6.45) is 13.6. The molecule has 4 nitrogen and oxygen atoms in total. The Kier molecular flexibility index (Phi) is 17.0. The van der Waals surface area contributed by atoms with Crippen LogP contribution in [0.5, 0.6) is 0 Å². The second kappa shape index (κ2) is 17.8. The van der Waals surface area contributed by atoms with Crippen molar-refractivity contribution in [3.8, 4) is 0 Å². The molecular formula is C21H40O4. The molecule has 0 spiro atoms. The van der Waals surface area contributed by atoms with Gasteiger partial charge in [-0.15, -0.1) is 0 Å². The van der Waals surface area contributed by atoms with Crippen molar-refractivity contribution in [1.29, 1.82) is 0 Å². The van der Waals surface area contributed by atoms with Crippen LogP contribution in [0.15, 0.2) is 0 Å². The molecule has 0 aliphatic rings. The lowest BCUT2D eigenvalue weighted by Crippen LogP contribution is -2.24. The van der Waals surface area contributed by atoms with E-state index < -0.39 is 6.29 Å². The largest absolute Gasteiger partial charge is 0.425 e. The van der Waals surface area contributed by atoms with Gasteiger partial charge < -0.3 is 9.47 Å². The Morgan fingerprint density at radius 2 is 1.00 bits per heavy atom. The Morgan fingerprint density at radius 1 is 0.600 bits per heavy atom. The number of unbranched alkanes of at least 4 members (excludes halogenated alkanes) is 9. The first-order valence-corrected chi connectivity index (χ1v) is 10.5. The maximum Gasteiger partial charge on any atom is 0.308 e. The lowest BCUT2D eigenvalue weighted by atomic mass is 10.1. The van der Waals surface area contributed by atoms with Crippen LogP contribution in [0.3, 0.4) is 0 Å². The Labute approximate surface area is 155 Å². The first-order chi connectivity index (χ1) is 12.1. The maximum absolute atomic E-state index is 11.9. The van der Waals surface area contributed by atoms with Gasteiger partial charge in [0.1, 0.15) is 0 Å². The van der Waals surface area contributed by atoms with E-state index in [0.717, 1.165) is 51.4 Å². The third kappa shape index (κ3) is 16.2. The van der Waals surface area contributed by atoms with Crippen LogP contribution in [-0.2, 0) is 19.1 Å². The van der Waals surface area contributed by atoms with E-state index in [0.29, 0.717) is 19.3 Å². The zero-order chi connectivity index (χ0) is 18.8. The van der Waals surface area contributed by atoms with E-state index in [1.54, 1.807) is 0 Å². The van der Waals surface area contributed by atoms with Gasteiger partial charge >= 0.3 is 11.9 Å². The van der Waals surface area contributed by atoms with Crippen molar-refractivity contribution in [1.82, 2.24) is 0 Å². The van der Waals surface area contributed by atoms with Gasteiger partial charge in [-0.2, -0.15) is 0 Å². The first kappa shape index (κ1) is 23.9. The van der Waals surface area contributed by atoms with Crippen LogP contribution in [0.1, 0.15) is 117 Å². The lowest BCUT2D eigenvalue weighted by molar-refractivity contribution is -0.189. The van der Waals surface area contributed by atoms with Crippen molar-refractivity contribution in [3.05, 3.63) is 0 Å². The Morgan fingerprint density at radius 3 is 1.40 bits per heavy atom. The molecule has 0 radical (unpaired) electrons. The summed E-state index contributed by atoms with van der Waals surface area (Å²) in [5.74, 6) is -0.485. The van der Waals surface area contributed by atoms with E-state index in [1.165, 1.54) is 25.7 Å². The van der Waals surface area contributed by atoms with Crippen LogP contribution in [0.25, 0.3) is 0 Å². The Balaban J connectivity index is 4.03. The fourth-order valence-electron chi connectivity index (χ4n) is 2.67. The number of rotatable bonds is 17. The molecule has 0 fully saturated rings. The zero-order valence-electron chi connectivity index (χ0n) is 16.8. The molecule has 148 valence electrons. The smallest absolute Gasteiger partial charge is 0.308 e. The third-order valence-electron chi connectivity index (χ3n) is 4.29. The highest BCUT2D eigenvalue weighted by Gasteiger charge is 2.18. The topological polar surface area (TPSA) is 52.6 Å². The molecule has 25 heavy (non-hydrogen) atoms. The molecule has 0 aliphatic carbocycles. The van der Waals surface area contributed by atoms with Crippen LogP contribution < -0.4 is 0 Å². The molecule has 0 aliphatic heterocycles. The molecular weight excluding hydrogens is 316 g/mol. The number of carbonyl (C=O) groups is 2. The molecule has 0 unspecified atom stereocenters. The van der Waals surface area contributed by atoms with Gasteiger partial charge in [0.05, 0.1) is 0 Å². The normalized spacial score (nSPS) is 10.9. The second-order valence-electron chi connectivity index (χ2n) is 6.88. The summed E-state index contributed by atoms with van der Waals surface area (Å²) in [6.45, 7) is 6.41. The highest BCUT2D eigenvalue weighted by molar-refractivity contribution is 5.71. The second-order valence-corrected chi connectivity index (χ2v) is 6.88. The molecule has 0 aromatic heterocycles. The summed E-state index contributed by atoms with van der Waals surface area (Å²) in [5.41, 5.74) is 0. The molecule has 0 amide bonds. The predicted molar refractivity (Wildman–Crippen MR) is 102 cm³/mol. The molecule has 0 heterocycles. The van der Waals surface area contributed by atoms with Crippen LogP contribution in [0, 0.1) is 0 Å². The molecule has 0 aromatic carbocycles. The van der Waals surface area contributed by atoms with Crippen molar-refractivity contribution in [2.45, 2.75) is 123 Å². The molecule has 4 heteroatoms. The number of hydrogen-bond donors (Lipinski definition) is 0. The molecule has 0 N–H and O–H groups in total. The quantitative estimate of drug-likeness (QED) is 0.174. The van der Waals surface area contributed by atoms with E-state index in [4.69, 9.17) is 9.47 Å². The minimum absolute atomic E-state index is 0.242. The Bertz CT molecular complexity index is 300. The predicted octanol–water partition coefficient (Wildman–Crippen LogP) is 6.31. The number of hydrogen-bond acceptors (Lipinski definition) is 4. The van der Waals surface area contributed by atoms with Crippen LogP contribution in [0.2, 0.25) is 0 Å². The van der Waals surface area contributed by atoms with Gasteiger partial charge in [0, 0.05) is 19.3 Å². The van der Waals surface area contributed by atoms with Gasteiger partial charge in [0.15, 0.2) is 0 Å². The van der Waals surface area contributed by atoms with Crippen LogP contribution >= 0.6 is 0 Å². The lowest BCUT2D eigenvalue weighted by Gasteiger charge is -2.18. The zero-order valence-corrected chi connectivity index (χ0v) is 16.8. The highest BCUT2D eigenvalue weighted by atomic mass is 16.7. The summed E-state index contributed by atoms with van der Waals surface area (Å²) in [7, 11) is 0. The molecule has 0 saturated carbocycles. The first-order valence-electron chi connectivity index (χ1n) is 10.5. The average molecular weight is 357 g/mol. The number of ether oxygens (including phenoxy) is 2. The SMILES string of the molecule is CCCCCCCC(=O)OC(CCCC)OC(=O)CCCCCCC. The van der Waals surface area contributed by atoms with Crippen LogP contribution in [-0.4, -0.2) is 18.2 Å². The number of esters is 2. The Hall–Kier alpha value is -1.06. The van der Waals surface area contributed by atoms with Gasteiger partial charge in [0.25, 0.3) is 0 Å². The van der Waals surface area contributed by atoms with Crippen molar-refractivity contribution < 1.29 is 19.1 Å². The fourth-order valence-corrected chi connectivity index (χ4v) is 2.67. The molecule has 0 bridgehead atoms. The monoisotopic (exact) mass is 356 g/mol. The van der Waals surface area contributed by atoms with Gasteiger partial charge in [-0.1, -0.05) is 78.6 Å². The molecule has 0 atom stereocenters. The minimum atomic E-state index is -0.703. The summed E-state index contributed by atoms with van der Waals surface area (Å²) in [6, 6.07) is 0. The maximum atomic E-state index is 11.9. The van der Waals surface area contributed by atoms with Gasteiger partial charge in [0.2, 0.25) is 6.29 Å². The minimum Gasteiger partial charge on any atom is -0.425 e. The van der Waals surface area contributed by atoms with Crippen molar-refractivity contribution in [3.63, 3.8) is 0 Å². The highest BCUT2D eigenvalue weighted by Crippen LogP contribution is 2.13. The standard InChI is InChI=1S/C21H40O4/c1-4-7-10-12-14-16-19(22)24-21(18-9-6-3)25-20(23)17-15-13-11-8-5-2/h21H,4-18H2,1-3H3. The summed E-state index contributed by atoms with van der Waals surface area (Å²) in [5, 5.41) is 0. The van der Waals surface area contributed by atoms with Crippen LogP contribution in [0.4, 0.5) is 0 Å². The van der Waals surface area contributed by atoms with Gasteiger partial charge in [-0.3, -0.25) is 9.59 Å². The fraction of sp³-hybridized carbons (Fsp3) is 0.905. The number of carbonyl (C=O) groups excluding carboxylic acids is 2. The van der Waals surface area contributed by atoms with E-state index in [2.05, 4.69) is 20.8 Å².